The van der Waals surface area contributed by atoms with Crippen molar-refractivity contribution in [3.63, 3.8) is 0 Å². The Hall–Kier alpha value is -4.18. The number of primary amides is 1. The van der Waals surface area contributed by atoms with E-state index in [1.807, 2.05) is 35.2 Å². The van der Waals surface area contributed by atoms with E-state index in [0.29, 0.717) is 36.2 Å². The van der Waals surface area contributed by atoms with Crippen molar-refractivity contribution in [3.05, 3.63) is 70.9 Å². The van der Waals surface area contributed by atoms with Crippen molar-refractivity contribution in [2.75, 3.05) is 24.3 Å². The normalized spacial score (nSPS) is 18.8. The number of ether oxygens (including phenoxy) is 1. The van der Waals surface area contributed by atoms with Crippen LogP contribution >= 0.6 is 0 Å². The van der Waals surface area contributed by atoms with Crippen LogP contribution in [0.4, 0.5) is 17.5 Å². The first-order chi connectivity index (χ1) is 18.4. The summed E-state index contributed by atoms with van der Waals surface area (Å²) in [7, 11) is 1.58. The van der Waals surface area contributed by atoms with Gasteiger partial charge in [-0.25, -0.2) is 4.98 Å². The summed E-state index contributed by atoms with van der Waals surface area (Å²) in [5.41, 5.74) is 15.6. The first kappa shape index (κ1) is 25.5. The molecular formula is C28H33N7O3. The van der Waals surface area contributed by atoms with Crippen LogP contribution in [0.3, 0.4) is 0 Å². The molecular weight excluding hydrogens is 482 g/mol. The fourth-order valence-corrected chi connectivity index (χ4v) is 5.12. The van der Waals surface area contributed by atoms with Gasteiger partial charge in [-0.15, -0.1) is 0 Å². The second kappa shape index (κ2) is 11.1. The number of fused-ring (bicyclic) bond motifs is 1. The second-order valence-electron chi connectivity index (χ2n) is 9.84. The molecule has 1 aliphatic heterocycles. The third kappa shape index (κ3) is 5.55. The largest absolute Gasteiger partial charge is 0.497 e. The number of aromatic nitrogens is 2. The fraction of sp³-hybridized carbons (Fsp3) is 0.357. The smallest absolute Gasteiger partial charge is 0.254 e. The van der Waals surface area contributed by atoms with Crippen LogP contribution in [-0.2, 0) is 13.0 Å². The zero-order valence-corrected chi connectivity index (χ0v) is 21.4. The number of methoxy groups -OCH3 is 1. The van der Waals surface area contributed by atoms with Gasteiger partial charge in [0.1, 0.15) is 17.1 Å². The van der Waals surface area contributed by atoms with Gasteiger partial charge in [-0.3, -0.25) is 9.59 Å². The molecule has 0 saturated heterocycles. The van der Waals surface area contributed by atoms with E-state index in [0.717, 1.165) is 43.4 Å². The van der Waals surface area contributed by atoms with Crippen LogP contribution in [0.2, 0.25) is 0 Å². The number of nitrogens with one attached hydrogen (secondary N) is 2. The van der Waals surface area contributed by atoms with Crippen LogP contribution in [0.15, 0.2) is 48.7 Å². The van der Waals surface area contributed by atoms with Crippen molar-refractivity contribution in [2.24, 2.45) is 11.5 Å². The second-order valence-corrected chi connectivity index (χ2v) is 9.84. The molecule has 5 rings (SSSR count). The molecule has 0 spiro atoms. The summed E-state index contributed by atoms with van der Waals surface area (Å²) in [6.45, 7) is 1.10. The lowest BCUT2D eigenvalue weighted by Gasteiger charge is -2.30. The van der Waals surface area contributed by atoms with E-state index < -0.39 is 5.91 Å². The highest BCUT2D eigenvalue weighted by atomic mass is 16.5. The topological polar surface area (TPSA) is 148 Å². The number of nitrogens with zero attached hydrogens (tertiary/aromatic N) is 3. The lowest BCUT2D eigenvalue weighted by Crippen LogP contribution is -2.43. The molecule has 2 amide bonds. The van der Waals surface area contributed by atoms with Crippen LogP contribution in [-0.4, -0.2) is 52.4 Å². The summed E-state index contributed by atoms with van der Waals surface area (Å²) in [6, 6.07) is 13.2. The monoisotopic (exact) mass is 515 g/mol. The van der Waals surface area contributed by atoms with Gasteiger partial charge in [-0.1, -0.05) is 25.0 Å². The number of rotatable bonds is 7. The molecule has 1 aromatic heterocycles. The van der Waals surface area contributed by atoms with Crippen LogP contribution in [0.25, 0.3) is 0 Å². The molecule has 0 radical (unpaired) electrons. The Morgan fingerprint density at radius 3 is 2.74 bits per heavy atom. The molecule has 38 heavy (non-hydrogen) atoms. The van der Waals surface area contributed by atoms with Crippen LogP contribution < -0.4 is 26.8 Å². The Balaban J connectivity index is 1.35. The first-order valence-electron chi connectivity index (χ1n) is 12.9. The number of anilines is 3. The first-order valence-corrected chi connectivity index (χ1v) is 12.9. The highest BCUT2D eigenvalue weighted by Gasteiger charge is 2.24. The molecule has 3 aromatic rings. The van der Waals surface area contributed by atoms with Gasteiger partial charge in [0.25, 0.3) is 11.8 Å². The number of nitrogens with two attached hydrogens (primary N) is 2. The molecule has 2 unspecified atom stereocenters. The van der Waals surface area contributed by atoms with Crippen LogP contribution in [0.1, 0.15) is 57.5 Å². The molecule has 2 atom stereocenters. The molecule has 1 aliphatic carbocycles. The van der Waals surface area contributed by atoms with E-state index in [4.69, 9.17) is 16.2 Å². The standard InChI is InChI=1S/C28H33N7O3/c1-38-21-6-4-5-18(14-21)27(37)35-12-11-17-9-10-20(13-19(17)16-35)32-26-22(25(30)36)15-31-28(34-26)33-24-8-3-2-7-23(24)29/h4-6,9-10,13-15,23-24H,2-3,7-8,11-12,16,29H2,1H3,(H2,30,36)(H2,31,32,33,34). The van der Waals surface area contributed by atoms with E-state index in [2.05, 4.69) is 20.6 Å². The van der Waals surface area contributed by atoms with Gasteiger partial charge in [0.2, 0.25) is 5.95 Å². The van der Waals surface area contributed by atoms with E-state index in [9.17, 15) is 9.59 Å². The SMILES string of the molecule is COc1cccc(C(=O)N2CCc3ccc(Nc4nc(NC5CCCCC5N)ncc4C(N)=O)cc3C2)c1. The number of benzene rings is 2. The van der Waals surface area contributed by atoms with Gasteiger partial charge in [-0.2, -0.15) is 4.98 Å². The van der Waals surface area contributed by atoms with Crippen molar-refractivity contribution in [1.29, 1.82) is 0 Å². The number of carbonyl (C=O) groups excluding carboxylic acids is 2. The summed E-state index contributed by atoms with van der Waals surface area (Å²) >= 11 is 0. The third-order valence-corrected chi connectivity index (χ3v) is 7.27. The minimum absolute atomic E-state index is 0.0304. The molecule has 2 aliphatic rings. The molecule has 2 aromatic carbocycles. The van der Waals surface area contributed by atoms with Crippen LogP contribution in [0, 0.1) is 0 Å². The minimum atomic E-state index is -0.624. The fourth-order valence-electron chi connectivity index (χ4n) is 5.12. The molecule has 198 valence electrons. The molecule has 6 N–H and O–H groups in total. The number of carbonyl (C=O) groups is 2. The maximum atomic E-state index is 13.2. The van der Waals surface area contributed by atoms with Crippen molar-refractivity contribution in [2.45, 2.75) is 50.7 Å². The molecule has 10 nitrogen and oxygen atoms in total. The maximum Gasteiger partial charge on any atom is 0.254 e. The Labute approximate surface area is 221 Å². The molecule has 2 heterocycles. The van der Waals surface area contributed by atoms with Crippen molar-refractivity contribution in [1.82, 2.24) is 14.9 Å². The van der Waals surface area contributed by atoms with Gasteiger partial charge in [-0.05, 0) is 60.7 Å². The van der Waals surface area contributed by atoms with Gasteiger partial charge in [0.15, 0.2) is 0 Å². The maximum absolute atomic E-state index is 13.2. The summed E-state index contributed by atoms with van der Waals surface area (Å²) in [5.74, 6) is 0.694. The molecule has 1 saturated carbocycles. The average molecular weight is 516 g/mol. The Kier molecular flexibility index (Phi) is 7.41. The van der Waals surface area contributed by atoms with Gasteiger partial charge in [0.05, 0.1) is 7.11 Å². The minimum Gasteiger partial charge on any atom is -0.497 e. The van der Waals surface area contributed by atoms with Crippen molar-refractivity contribution in [3.8, 4) is 5.75 Å². The lowest BCUT2D eigenvalue weighted by atomic mass is 9.91. The predicted molar refractivity (Wildman–Crippen MR) is 146 cm³/mol. The van der Waals surface area contributed by atoms with Gasteiger partial charge < -0.3 is 31.7 Å². The highest BCUT2D eigenvalue weighted by Crippen LogP contribution is 2.28. The number of hydrogen-bond acceptors (Lipinski definition) is 8. The molecule has 0 bridgehead atoms. The average Bonchev–Trinajstić information content (AvgIpc) is 2.93. The van der Waals surface area contributed by atoms with E-state index in [-0.39, 0.29) is 23.6 Å². The van der Waals surface area contributed by atoms with Gasteiger partial charge >= 0.3 is 0 Å². The lowest BCUT2D eigenvalue weighted by molar-refractivity contribution is 0.0734. The third-order valence-electron chi connectivity index (χ3n) is 7.27. The van der Waals surface area contributed by atoms with E-state index >= 15 is 0 Å². The molecule has 10 heteroatoms. The Morgan fingerprint density at radius 1 is 1.11 bits per heavy atom. The summed E-state index contributed by atoms with van der Waals surface area (Å²) in [6.07, 6.45) is 6.30. The Morgan fingerprint density at radius 2 is 1.95 bits per heavy atom. The summed E-state index contributed by atoms with van der Waals surface area (Å²) in [4.78, 5) is 36.0. The van der Waals surface area contributed by atoms with E-state index in [1.165, 1.54) is 11.8 Å². The van der Waals surface area contributed by atoms with Crippen molar-refractivity contribution < 1.29 is 14.3 Å². The van der Waals surface area contributed by atoms with Gasteiger partial charge in [0, 0.05) is 42.6 Å². The van der Waals surface area contributed by atoms with E-state index in [1.54, 1.807) is 19.2 Å². The predicted octanol–water partition coefficient (Wildman–Crippen LogP) is 3.21. The zero-order chi connectivity index (χ0) is 26.6. The Bertz CT molecular complexity index is 1350. The van der Waals surface area contributed by atoms with Crippen molar-refractivity contribution >= 4 is 29.3 Å². The number of hydrogen-bond donors (Lipinski definition) is 4. The highest BCUT2D eigenvalue weighted by molar-refractivity contribution is 5.98. The summed E-state index contributed by atoms with van der Waals surface area (Å²) < 4.78 is 5.27. The summed E-state index contributed by atoms with van der Waals surface area (Å²) in [5, 5.41) is 6.56. The number of amides is 2. The molecule has 1 fully saturated rings. The quantitative estimate of drug-likeness (QED) is 0.375. The zero-order valence-electron chi connectivity index (χ0n) is 21.4. The van der Waals surface area contributed by atoms with Crippen LogP contribution in [0.5, 0.6) is 5.75 Å².